The van der Waals surface area contributed by atoms with Crippen molar-refractivity contribution < 1.29 is 19.4 Å². The molecule has 0 unspecified atom stereocenters. The second-order valence-corrected chi connectivity index (χ2v) is 7.70. The molecule has 0 aliphatic rings. The van der Waals surface area contributed by atoms with Crippen molar-refractivity contribution in [1.29, 1.82) is 0 Å². The van der Waals surface area contributed by atoms with Gasteiger partial charge in [-0.15, -0.1) is 11.3 Å². The molecule has 6 nitrogen and oxygen atoms in total. The fourth-order valence-electron chi connectivity index (χ4n) is 1.58. The van der Waals surface area contributed by atoms with Crippen LogP contribution in [-0.2, 0) is 11.3 Å². The van der Waals surface area contributed by atoms with Gasteiger partial charge in [0.1, 0.15) is 5.60 Å². The van der Waals surface area contributed by atoms with E-state index in [0.717, 1.165) is 4.88 Å². The maximum absolute atomic E-state index is 11.6. The third kappa shape index (κ3) is 6.91. The van der Waals surface area contributed by atoms with Crippen LogP contribution in [0.2, 0.25) is 0 Å². The number of thiophene rings is 1. The lowest BCUT2D eigenvalue weighted by Gasteiger charge is -2.27. The number of carboxylic acid groups (broad SMARTS) is 1. The number of carboxylic acids is 1. The molecule has 0 aromatic carbocycles. The Morgan fingerprint density at radius 3 is 2.41 bits per heavy atom. The molecule has 7 heteroatoms. The van der Waals surface area contributed by atoms with Crippen LogP contribution in [0.5, 0.6) is 0 Å². The van der Waals surface area contributed by atoms with Crippen LogP contribution in [-0.4, -0.2) is 34.9 Å². The summed E-state index contributed by atoms with van der Waals surface area (Å²) in [4.78, 5) is 23.4. The first-order valence-corrected chi connectivity index (χ1v) is 7.89. The molecular weight excluding hydrogens is 304 g/mol. The Labute approximate surface area is 134 Å². The van der Waals surface area contributed by atoms with Crippen LogP contribution in [0.3, 0.4) is 0 Å². The molecule has 0 bridgehead atoms. The minimum absolute atomic E-state index is 0.298. The fraction of sp³-hybridized carbons (Fsp3) is 0.600. The molecule has 3 N–H and O–H groups in total. The molecule has 1 amide bonds. The molecule has 1 heterocycles. The Balaban J connectivity index is 2.43. The molecule has 0 fully saturated rings. The minimum Gasteiger partial charge on any atom is -0.478 e. The summed E-state index contributed by atoms with van der Waals surface area (Å²) in [6, 6.07) is 1.65. The Morgan fingerprint density at radius 1 is 1.27 bits per heavy atom. The zero-order valence-electron chi connectivity index (χ0n) is 13.6. The van der Waals surface area contributed by atoms with Gasteiger partial charge in [0, 0.05) is 28.9 Å². The molecule has 1 aromatic rings. The van der Waals surface area contributed by atoms with Crippen LogP contribution >= 0.6 is 11.3 Å². The van der Waals surface area contributed by atoms with Gasteiger partial charge in [0.15, 0.2) is 0 Å². The van der Waals surface area contributed by atoms with Gasteiger partial charge in [0.25, 0.3) is 0 Å². The van der Waals surface area contributed by atoms with Crippen molar-refractivity contribution in [1.82, 2.24) is 10.6 Å². The number of aromatic carboxylic acids is 1. The van der Waals surface area contributed by atoms with Gasteiger partial charge in [-0.2, -0.15) is 0 Å². The molecule has 0 radical (unpaired) electrons. The highest BCUT2D eigenvalue weighted by atomic mass is 32.1. The number of ether oxygens (including phenoxy) is 1. The number of carbonyl (C=O) groups excluding carboxylic acids is 1. The number of amides is 1. The van der Waals surface area contributed by atoms with E-state index < -0.39 is 17.7 Å². The van der Waals surface area contributed by atoms with Crippen molar-refractivity contribution in [3.05, 3.63) is 21.9 Å². The Kier molecular flexibility index (Phi) is 5.96. The van der Waals surface area contributed by atoms with E-state index in [-0.39, 0.29) is 5.54 Å². The van der Waals surface area contributed by atoms with Gasteiger partial charge in [-0.25, -0.2) is 9.59 Å². The van der Waals surface area contributed by atoms with E-state index in [1.807, 2.05) is 34.6 Å². The molecule has 0 atom stereocenters. The summed E-state index contributed by atoms with van der Waals surface area (Å²) in [5, 5.41) is 16.5. The van der Waals surface area contributed by atoms with Crippen molar-refractivity contribution in [3.8, 4) is 0 Å². The van der Waals surface area contributed by atoms with Gasteiger partial charge in [0.2, 0.25) is 0 Å². The Bertz CT molecular complexity index is 532. The second-order valence-electron chi connectivity index (χ2n) is 6.70. The molecule has 0 spiro atoms. The summed E-state index contributed by atoms with van der Waals surface area (Å²) in [6.07, 6.45) is -0.452. The standard InChI is InChI=1S/C15H24N2O4S/c1-14(2,3)21-13(20)16-9-15(4,5)17-7-11-6-10(8-22-11)12(18)19/h6,8,17H,7,9H2,1-5H3,(H,16,20)(H,18,19). The maximum Gasteiger partial charge on any atom is 0.407 e. The third-order valence-electron chi connectivity index (χ3n) is 2.72. The molecule has 0 aliphatic heterocycles. The van der Waals surface area contributed by atoms with Crippen molar-refractivity contribution in [2.75, 3.05) is 6.54 Å². The molecule has 0 saturated heterocycles. The molecule has 0 aliphatic carbocycles. The van der Waals surface area contributed by atoms with Crippen molar-refractivity contribution in [3.63, 3.8) is 0 Å². The van der Waals surface area contributed by atoms with E-state index in [1.54, 1.807) is 11.4 Å². The van der Waals surface area contributed by atoms with Crippen LogP contribution in [0.4, 0.5) is 4.79 Å². The third-order valence-corrected chi connectivity index (χ3v) is 3.65. The summed E-state index contributed by atoms with van der Waals surface area (Å²) in [6.45, 7) is 10.3. The number of nitrogens with one attached hydrogen (secondary N) is 2. The number of rotatable bonds is 6. The summed E-state index contributed by atoms with van der Waals surface area (Å²) >= 11 is 1.40. The highest BCUT2D eigenvalue weighted by Crippen LogP contribution is 2.15. The van der Waals surface area contributed by atoms with Crippen LogP contribution < -0.4 is 10.6 Å². The van der Waals surface area contributed by atoms with Gasteiger partial charge in [0.05, 0.1) is 5.56 Å². The van der Waals surface area contributed by atoms with Gasteiger partial charge in [-0.05, 0) is 40.7 Å². The minimum atomic E-state index is -0.923. The monoisotopic (exact) mass is 328 g/mol. The van der Waals surface area contributed by atoms with Crippen LogP contribution in [0.15, 0.2) is 11.4 Å². The van der Waals surface area contributed by atoms with E-state index in [2.05, 4.69) is 10.6 Å². The van der Waals surface area contributed by atoms with E-state index in [9.17, 15) is 9.59 Å². The van der Waals surface area contributed by atoms with Gasteiger partial charge >= 0.3 is 12.1 Å². The lowest BCUT2D eigenvalue weighted by atomic mass is 10.1. The normalized spacial score (nSPS) is 12.0. The van der Waals surface area contributed by atoms with Crippen LogP contribution in [0.25, 0.3) is 0 Å². The van der Waals surface area contributed by atoms with Crippen LogP contribution in [0, 0.1) is 0 Å². The zero-order valence-corrected chi connectivity index (χ0v) is 14.5. The smallest absolute Gasteiger partial charge is 0.407 e. The number of alkyl carbamates (subject to hydrolysis) is 1. The average Bonchev–Trinajstić information content (AvgIpc) is 2.81. The molecule has 1 aromatic heterocycles. The lowest BCUT2D eigenvalue weighted by Crippen LogP contribution is -2.49. The molecule has 1 rings (SSSR count). The van der Waals surface area contributed by atoms with Gasteiger partial charge < -0.3 is 20.5 Å². The van der Waals surface area contributed by atoms with E-state index >= 15 is 0 Å². The Hall–Kier alpha value is -1.60. The topological polar surface area (TPSA) is 87.7 Å². The summed E-state index contributed by atoms with van der Waals surface area (Å²) < 4.78 is 5.18. The van der Waals surface area contributed by atoms with Gasteiger partial charge in [-0.3, -0.25) is 0 Å². The first kappa shape index (κ1) is 18.4. The summed E-state index contributed by atoms with van der Waals surface area (Å²) in [7, 11) is 0. The molecule has 0 saturated carbocycles. The van der Waals surface area contributed by atoms with Crippen molar-refractivity contribution >= 4 is 23.4 Å². The largest absolute Gasteiger partial charge is 0.478 e. The number of carbonyl (C=O) groups is 2. The highest BCUT2D eigenvalue weighted by Gasteiger charge is 2.21. The summed E-state index contributed by atoms with van der Waals surface area (Å²) in [5.74, 6) is -0.923. The van der Waals surface area contributed by atoms with Crippen molar-refractivity contribution in [2.45, 2.75) is 52.3 Å². The van der Waals surface area contributed by atoms with E-state index in [4.69, 9.17) is 9.84 Å². The quantitative estimate of drug-likeness (QED) is 0.747. The first-order chi connectivity index (χ1) is 9.98. The molecule has 22 heavy (non-hydrogen) atoms. The maximum atomic E-state index is 11.6. The predicted molar refractivity (Wildman–Crippen MR) is 86.4 cm³/mol. The zero-order chi connectivity index (χ0) is 17.0. The van der Waals surface area contributed by atoms with Crippen molar-refractivity contribution in [2.24, 2.45) is 0 Å². The number of hydrogen-bond acceptors (Lipinski definition) is 5. The first-order valence-electron chi connectivity index (χ1n) is 7.01. The Morgan fingerprint density at radius 2 is 1.91 bits per heavy atom. The average molecular weight is 328 g/mol. The lowest BCUT2D eigenvalue weighted by molar-refractivity contribution is 0.0513. The molecular formula is C15H24N2O4S. The van der Waals surface area contributed by atoms with Gasteiger partial charge in [-0.1, -0.05) is 0 Å². The number of hydrogen-bond donors (Lipinski definition) is 3. The van der Waals surface area contributed by atoms with E-state index in [0.29, 0.717) is 18.7 Å². The SMILES string of the molecule is CC(C)(CNC(=O)OC(C)(C)C)NCc1cc(C(=O)O)cs1. The molecule has 124 valence electrons. The summed E-state index contributed by atoms with van der Waals surface area (Å²) in [5.41, 5.74) is -0.567. The van der Waals surface area contributed by atoms with E-state index in [1.165, 1.54) is 11.3 Å². The predicted octanol–water partition coefficient (Wildman–Crippen LogP) is 2.84. The van der Waals surface area contributed by atoms with Crippen LogP contribution in [0.1, 0.15) is 49.9 Å². The highest BCUT2D eigenvalue weighted by molar-refractivity contribution is 7.10. The fourth-order valence-corrected chi connectivity index (χ4v) is 2.38. The second kappa shape index (κ2) is 7.11.